The third-order valence-electron chi connectivity index (χ3n) is 4.13. The fourth-order valence-electron chi connectivity index (χ4n) is 2.55. The van der Waals surface area contributed by atoms with E-state index in [0.29, 0.717) is 25.4 Å². The van der Waals surface area contributed by atoms with Crippen LogP contribution >= 0.6 is 0 Å². The van der Waals surface area contributed by atoms with Gasteiger partial charge < -0.3 is 29.7 Å². The van der Waals surface area contributed by atoms with E-state index in [1.807, 2.05) is 24.3 Å². The number of ether oxygens (including phenoxy) is 3. The largest absolute Gasteiger partial charge is 0.486 e. The number of aromatic nitrogens is 3. The van der Waals surface area contributed by atoms with E-state index in [0.717, 1.165) is 42.1 Å². The Balaban J connectivity index is 0.000000414. The molecule has 2 aromatic rings. The number of nitrogens with one attached hydrogen (secondary N) is 1. The predicted molar refractivity (Wildman–Crippen MR) is 116 cm³/mol. The third-order valence-corrected chi connectivity index (χ3v) is 4.13. The molecule has 2 heterocycles. The molecule has 0 bridgehead atoms. The van der Waals surface area contributed by atoms with Crippen LogP contribution in [0.25, 0.3) is 0 Å². The van der Waals surface area contributed by atoms with Crippen LogP contribution in [0.1, 0.15) is 12.8 Å². The Labute approximate surface area is 189 Å². The van der Waals surface area contributed by atoms with Crippen molar-refractivity contribution in [1.29, 1.82) is 0 Å². The average molecular weight is 462 g/mol. The Kier molecular flexibility index (Phi) is 10.3. The Morgan fingerprint density at radius 3 is 2.58 bits per heavy atom. The van der Waals surface area contributed by atoms with Gasteiger partial charge >= 0.3 is 17.6 Å². The topological polar surface area (TPSA) is 162 Å². The fourth-order valence-corrected chi connectivity index (χ4v) is 2.55. The van der Waals surface area contributed by atoms with Crippen LogP contribution in [0.5, 0.6) is 17.4 Å². The van der Waals surface area contributed by atoms with E-state index in [1.165, 1.54) is 6.20 Å². The quantitative estimate of drug-likeness (QED) is 0.332. The van der Waals surface area contributed by atoms with Crippen LogP contribution in [0.2, 0.25) is 0 Å². The Morgan fingerprint density at radius 1 is 1.21 bits per heavy atom. The Bertz CT molecular complexity index is 992. The number of benzene rings is 1. The summed E-state index contributed by atoms with van der Waals surface area (Å²) in [5.74, 6) is -0.652. The predicted octanol–water partition coefficient (Wildman–Crippen LogP) is 0.476. The van der Waals surface area contributed by atoms with Gasteiger partial charge in [-0.1, -0.05) is 12.1 Å². The van der Waals surface area contributed by atoms with E-state index in [9.17, 15) is 14.4 Å². The Hall–Kier alpha value is -3.93. The SMILES string of the molecule is Cn1ncc(OCCCCNCC2COc3ccccc3O2)nc1=O.O=C(O)C=CC(=O)O. The number of fused-ring (bicyclic) bond motifs is 1. The first-order valence-corrected chi connectivity index (χ1v) is 10.1. The number of para-hydroxylation sites is 2. The molecule has 12 nitrogen and oxygen atoms in total. The molecular weight excluding hydrogens is 436 g/mol. The van der Waals surface area contributed by atoms with Gasteiger partial charge in [-0.05, 0) is 31.5 Å². The molecule has 12 heteroatoms. The molecule has 0 aliphatic carbocycles. The number of rotatable bonds is 10. The summed E-state index contributed by atoms with van der Waals surface area (Å²) in [7, 11) is 1.55. The van der Waals surface area contributed by atoms with Crippen molar-refractivity contribution in [3.8, 4) is 17.4 Å². The molecule has 1 aromatic heterocycles. The van der Waals surface area contributed by atoms with E-state index in [1.54, 1.807) is 7.05 Å². The standard InChI is InChI=1S/C17H22N4O4.C4H4O4/c1-21-17(22)20-16(11-19-21)23-9-5-4-8-18-10-13-12-24-14-6-2-3-7-15(14)25-13;5-3(6)1-2-4(7)8/h2-3,6-7,11,13,18H,4-5,8-10,12H2,1H3;1-2H,(H,5,6)(H,7,8). The molecule has 0 saturated carbocycles. The van der Waals surface area contributed by atoms with Gasteiger partial charge in [-0.2, -0.15) is 10.1 Å². The third kappa shape index (κ3) is 9.82. The zero-order valence-corrected chi connectivity index (χ0v) is 18.0. The molecule has 178 valence electrons. The number of nitrogens with zero attached hydrogens (tertiary/aromatic N) is 3. The van der Waals surface area contributed by atoms with Gasteiger partial charge in [0, 0.05) is 25.7 Å². The number of unbranched alkanes of at least 4 members (excludes halogenated alkanes) is 1. The molecule has 1 atom stereocenters. The molecule has 3 rings (SSSR count). The first-order valence-electron chi connectivity index (χ1n) is 10.1. The van der Waals surface area contributed by atoms with Gasteiger partial charge in [0.25, 0.3) is 0 Å². The van der Waals surface area contributed by atoms with Crippen molar-refractivity contribution in [3.63, 3.8) is 0 Å². The highest BCUT2D eigenvalue weighted by molar-refractivity contribution is 5.89. The molecule has 3 N–H and O–H groups in total. The highest BCUT2D eigenvalue weighted by Gasteiger charge is 2.19. The van der Waals surface area contributed by atoms with Crippen molar-refractivity contribution < 1.29 is 34.0 Å². The highest BCUT2D eigenvalue weighted by Crippen LogP contribution is 2.30. The minimum Gasteiger partial charge on any atom is -0.486 e. The normalized spacial score (nSPS) is 14.3. The van der Waals surface area contributed by atoms with Gasteiger partial charge in [-0.15, -0.1) is 0 Å². The monoisotopic (exact) mass is 462 g/mol. The second-order valence-electron chi connectivity index (χ2n) is 6.77. The van der Waals surface area contributed by atoms with Gasteiger partial charge in [-0.3, -0.25) is 0 Å². The smallest absolute Gasteiger partial charge is 0.366 e. The highest BCUT2D eigenvalue weighted by atomic mass is 16.6. The summed E-state index contributed by atoms with van der Waals surface area (Å²) in [6, 6.07) is 7.69. The minimum absolute atomic E-state index is 0.0157. The van der Waals surface area contributed by atoms with E-state index >= 15 is 0 Å². The van der Waals surface area contributed by atoms with E-state index in [2.05, 4.69) is 15.4 Å². The van der Waals surface area contributed by atoms with Crippen LogP contribution in [-0.4, -0.2) is 69.3 Å². The number of hydrogen-bond acceptors (Lipinski definition) is 9. The number of aryl methyl sites for hydroxylation is 1. The van der Waals surface area contributed by atoms with Gasteiger partial charge in [0.2, 0.25) is 5.88 Å². The summed E-state index contributed by atoms with van der Waals surface area (Å²) in [5.41, 5.74) is -0.421. The maximum absolute atomic E-state index is 11.3. The lowest BCUT2D eigenvalue weighted by Crippen LogP contribution is -2.38. The molecule has 33 heavy (non-hydrogen) atoms. The lowest BCUT2D eigenvalue weighted by atomic mass is 10.2. The van der Waals surface area contributed by atoms with Gasteiger partial charge in [0.15, 0.2) is 11.5 Å². The van der Waals surface area contributed by atoms with Crippen molar-refractivity contribution in [2.24, 2.45) is 7.05 Å². The molecule has 1 aliphatic heterocycles. The molecule has 0 saturated heterocycles. The van der Waals surface area contributed by atoms with Gasteiger partial charge in [0.1, 0.15) is 18.9 Å². The number of carboxylic acids is 2. The van der Waals surface area contributed by atoms with Crippen molar-refractivity contribution in [3.05, 3.63) is 53.1 Å². The van der Waals surface area contributed by atoms with Crippen molar-refractivity contribution in [2.45, 2.75) is 18.9 Å². The molecule has 0 fully saturated rings. The second-order valence-corrected chi connectivity index (χ2v) is 6.77. The lowest BCUT2D eigenvalue weighted by Gasteiger charge is -2.26. The van der Waals surface area contributed by atoms with Crippen LogP contribution in [0.3, 0.4) is 0 Å². The number of carboxylic acid groups (broad SMARTS) is 2. The van der Waals surface area contributed by atoms with Crippen LogP contribution < -0.4 is 25.2 Å². The van der Waals surface area contributed by atoms with Crippen LogP contribution in [-0.2, 0) is 16.6 Å². The number of aliphatic carboxylic acids is 2. The maximum Gasteiger partial charge on any atom is 0.366 e. The van der Waals surface area contributed by atoms with Gasteiger partial charge in [-0.25, -0.2) is 19.1 Å². The molecule has 0 spiro atoms. The first kappa shape index (κ1) is 25.3. The fraction of sp³-hybridized carbons (Fsp3) is 0.381. The summed E-state index contributed by atoms with van der Waals surface area (Å²) in [6.45, 7) is 2.64. The lowest BCUT2D eigenvalue weighted by molar-refractivity contribution is -0.134. The first-order chi connectivity index (χ1) is 15.8. The number of carbonyl (C=O) groups is 2. The molecular formula is C21H26N4O8. The molecule has 0 radical (unpaired) electrons. The van der Waals surface area contributed by atoms with E-state index in [-0.39, 0.29) is 12.0 Å². The van der Waals surface area contributed by atoms with E-state index in [4.69, 9.17) is 24.4 Å². The summed E-state index contributed by atoms with van der Waals surface area (Å²) < 4.78 is 18.1. The molecule has 1 unspecified atom stereocenters. The summed E-state index contributed by atoms with van der Waals surface area (Å²) in [4.78, 5) is 34.2. The summed E-state index contributed by atoms with van der Waals surface area (Å²) >= 11 is 0. The zero-order chi connectivity index (χ0) is 24.1. The maximum atomic E-state index is 11.3. The molecule has 1 aromatic carbocycles. The Morgan fingerprint density at radius 2 is 1.91 bits per heavy atom. The van der Waals surface area contributed by atoms with Crippen LogP contribution in [0.15, 0.2) is 47.4 Å². The van der Waals surface area contributed by atoms with Crippen molar-refractivity contribution >= 4 is 11.9 Å². The van der Waals surface area contributed by atoms with E-state index < -0.39 is 17.6 Å². The number of hydrogen-bond donors (Lipinski definition) is 3. The second kappa shape index (κ2) is 13.5. The molecule has 1 aliphatic rings. The van der Waals surface area contributed by atoms with Crippen LogP contribution in [0, 0.1) is 0 Å². The van der Waals surface area contributed by atoms with Crippen molar-refractivity contribution in [2.75, 3.05) is 26.3 Å². The average Bonchev–Trinajstić information content (AvgIpc) is 2.79. The van der Waals surface area contributed by atoms with Crippen molar-refractivity contribution in [1.82, 2.24) is 20.1 Å². The van der Waals surface area contributed by atoms with Gasteiger partial charge in [0.05, 0.1) is 6.61 Å². The van der Waals surface area contributed by atoms with Crippen LogP contribution in [0.4, 0.5) is 0 Å². The summed E-state index contributed by atoms with van der Waals surface area (Å²) in [5, 5.41) is 22.8. The molecule has 0 amide bonds. The summed E-state index contributed by atoms with van der Waals surface area (Å²) in [6.07, 6.45) is 4.38. The minimum atomic E-state index is -1.26. The zero-order valence-electron chi connectivity index (χ0n) is 18.0.